The maximum atomic E-state index is 13.2. The first-order chi connectivity index (χ1) is 18.2. The number of amides is 3. The summed E-state index contributed by atoms with van der Waals surface area (Å²) >= 11 is 10.2. The van der Waals surface area contributed by atoms with Gasteiger partial charge in [-0.25, -0.2) is 0 Å². The number of nitrogens with zero attached hydrogens (tertiary/aromatic N) is 3. The molecule has 1 atom stereocenters. The van der Waals surface area contributed by atoms with Crippen LogP contribution in [0.3, 0.4) is 0 Å². The van der Waals surface area contributed by atoms with E-state index in [2.05, 4.69) is 22.9 Å². The van der Waals surface area contributed by atoms with Crippen molar-refractivity contribution in [3.05, 3.63) is 74.2 Å². The number of carbonyl (C=O) groups excluding carboxylic acids is 4. The normalized spacial score (nSPS) is 19.1. The molecule has 196 valence electrons. The van der Waals surface area contributed by atoms with Crippen molar-refractivity contribution in [2.45, 2.75) is 38.8 Å². The second-order valence-corrected chi connectivity index (χ2v) is 11.8. The summed E-state index contributed by atoms with van der Waals surface area (Å²) in [6, 6.07) is 12.3. The van der Waals surface area contributed by atoms with E-state index in [0.29, 0.717) is 10.6 Å². The Morgan fingerprint density at radius 2 is 1.87 bits per heavy atom. The number of hydrogen-bond donors (Lipinski definition) is 0. The van der Waals surface area contributed by atoms with Gasteiger partial charge in [0.1, 0.15) is 6.54 Å². The zero-order valence-corrected chi connectivity index (χ0v) is 23.8. The first-order valence-electron chi connectivity index (χ1n) is 12.3. The number of piperidine rings is 1. The van der Waals surface area contributed by atoms with Gasteiger partial charge in [0, 0.05) is 50.3 Å². The van der Waals surface area contributed by atoms with E-state index in [0.717, 1.165) is 63.4 Å². The minimum Gasteiger partial charge on any atom is -0.338 e. The van der Waals surface area contributed by atoms with Crippen LogP contribution < -0.4 is 0 Å². The van der Waals surface area contributed by atoms with Crippen LogP contribution in [0.25, 0.3) is 17.0 Å². The standard InChI is InChI=1S/C28H25BrClN3O4S/c1-17-4-2-3-11-32(17)26(35)16-31-14-19(22-13-20(29)7-10-23(22)31)12-25-27(36)33(28(37)38-25)15-24(34)18-5-8-21(30)9-6-18/h5-10,12-14,17H,2-4,11,15-16H2,1H3/b25-12-/t17-/m0/s1. The van der Waals surface area contributed by atoms with Crippen molar-refractivity contribution in [3.63, 3.8) is 0 Å². The molecule has 0 N–H and O–H groups in total. The van der Waals surface area contributed by atoms with E-state index in [1.807, 2.05) is 33.9 Å². The number of Topliss-reactive ketones (excluding diaryl/α,β-unsaturated/α-hetero) is 1. The Morgan fingerprint density at radius 3 is 2.61 bits per heavy atom. The molecule has 2 aliphatic rings. The van der Waals surface area contributed by atoms with E-state index in [1.54, 1.807) is 30.3 Å². The van der Waals surface area contributed by atoms with Gasteiger partial charge in [-0.05, 0) is 86.5 Å². The molecule has 3 amide bonds. The van der Waals surface area contributed by atoms with E-state index in [9.17, 15) is 19.2 Å². The molecule has 2 aliphatic heterocycles. The maximum absolute atomic E-state index is 13.2. The number of thioether (sulfide) groups is 1. The highest BCUT2D eigenvalue weighted by Crippen LogP contribution is 2.35. The Kier molecular flexibility index (Phi) is 7.79. The van der Waals surface area contributed by atoms with Gasteiger partial charge in [-0.2, -0.15) is 0 Å². The summed E-state index contributed by atoms with van der Waals surface area (Å²) < 4.78 is 2.75. The third-order valence-electron chi connectivity index (χ3n) is 6.93. The second kappa shape index (κ2) is 11.1. The molecule has 38 heavy (non-hydrogen) atoms. The molecule has 5 rings (SSSR count). The van der Waals surface area contributed by atoms with E-state index in [1.165, 1.54) is 0 Å². The molecule has 0 radical (unpaired) electrons. The highest BCUT2D eigenvalue weighted by Gasteiger charge is 2.36. The smallest absolute Gasteiger partial charge is 0.293 e. The minimum absolute atomic E-state index is 0.0598. The van der Waals surface area contributed by atoms with Crippen molar-refractivity contribution in [3.8, 4) is 0 Å². The van der Waals surface area contributed by atoms with Gasteiger partial charge in [0.2, 0.25) is 5.91 Å². The Balaban J connectivity index is 1.40. The highest BCUT2D eigenvalue weighted by atomic mass is 79.9. The predicted octanol–water partition coefficient (Wildman–Crippen LogP) is 6.38. The number of rotatable bonds is 6. The molecule has 2 saturated heterocycles. The molecule has 0 aliphatic carbocycles. The molecular weight excluding hydrogens is 590 g/mol. The number of ketones is 1. The molecule has 2 fully saturated rings. The van der Waals surface area contributed by atoms with Gasteiger partial charge < -0.3 is 9.47 Å². The fourth-order valence-electron chi connectivity index (χ4n) is 4.90. The summed E-state index contributed by atoms with van der Waals surface area (Å²) in [5.74, 6) is -0.808. The number of fused-ring (bicyclic) bond motifs is 1. The van der Waals surface area contributed by atoms with Crippen LogP contribution in [0, 0.1) is 0 Å². The lowest BCUT2D eigenvalue weighted by molar-refractivity contribution is -0.135. The number of hydrogen-bond acceptors (Lipinski definition) is 5. The molecule has 0 spiro atoms. The van der Waals surface area contributed by atoms with Gasteiger partial charge in [-0.1, -0.05) is 27.5 Å². The van der Waals surface area contributed by atoms with E-state index >= 15 is 0 Å². The van der Waals surface area contributed by atoms with Gasteiger partial charge in [0.25, 0.3) is 11.1 Å². The first kappa shape index (κ1) is 26.7. The summed E-state index contributed by atoms with van der Waals surface area (Å²) in [5.41, 5.74) is 1.95. The molecule has 2 aromatic carbocycles. The number of carbonyl (C=O) groups is 4. The zero-order valence-electron chi connectivity index (χ0n) is 20.7. The largest absolute Gasteiger partial charge is 0.338 e. The van der Waals surface area contributed by atoms with Crippen LogP contribution in [-0.4, -0.2) is 56.3 Å². The first-order valence-corrected chi connectivity index (χ1v) is 14.3. The molecule has 3 aromatic rings. The molecular formula is C28H25BrClN3O4S. The van der Waals surface area contributed by atoms with Gasteiger partial charge in [0.05, 0.1) is 11.4 Å². The van der Waals surface area contributed by atoms with Crippen LogP contribution in [0.1, 0.15) is 42.1 Å². The number of benzene rings is 2. The summed E-state index contributed by atoms with van der Waals surface area (Å²) in [6.07, 6.45) is 6.66. The Hall–Kier alpha value is -2.88. The minimum atomic E-state index is -0.517. The molecule has 10 heteroatoms. The van der Waals surface area contributed by atoms with Crippen LogP contribution in [0.2, 0.25) is 5.02 Å². The summed E-state index contributed by atoms with van der Waals surface area (Å²) in [7, 11) is 0. The molecule has 0 unspecified atom stereocenters. The monoisotopic (exact) mass is 613 g/mol. The van der Waals surface area contributed by atoms with Gasteiger partial charge >= 0.3 is 0 Å². The number of imide groups is 1. The van der Waals surface area contributed by atoms with Crippen LogP contribution in [-0.2, 0) is 16.1 Å². The molecule has 1 aromatic heterocycles. The third kappa shape index (κ3) is 5.46. The lowest BCUT2D eigenvalue weighted by Gasteiger charge is -2.33. The molecule has 0 bridgehead atoms. The summed E-state index contributed by atoms with van der Waals surface area (Å²) in [5, 5.41) is 0.847. The van der Waals surface area contributed by atoms with E-state index in [-0.39, 0.29) is 35.7 Å². The summed E-state index contributed by atoms with van der Waals surface area (Å²) in [4.78, 5) is 54.8. The Bertz CT molecular complexity index is 1480. The lowest BCUT2D eigenvalue weighted by atomic mass is 10.0. The highest BCUT2D eigenvalue weighted by molar-refractivity contribution is 9.10. The molecule has 0 saturated carbocycles. The van der Waals surface area contributed by atoms with Crippen molar-refractivity contribution >= 4 is 79.1 Å². The fraction of sp³-hybridized carbons (Fsp3) is 0.286. The predicted molar refractivity (Wildman–Crippen MR) is 153 cm³/mol. The topological polar surface area (TPSA) is 79.7 Å². The number of halogens is 2. The fourth-order valence-corrected chi connectivity index (χ4v) is 6.21. The third-order valence-corrected chi connectivity index (χ3v) is 8.58. The van der Waals surface area contributed by atoms with Crippen molar-refractivity contribution in [2.24, 2.45) is 0 Å². The second-order valence-electron chi connectivity index (χ2n) is 9.50. The summed E-state index contributed by atoms with van der Waals surface area (Å²) in [6.45, 7) is 2.69. The van der Waals surface area contributed by atoms with Crippen molar-refractivity contribution in [2.75, 3.05) is 13.1 Å². The number of aromatic nitrogens is 1. The van der Waals surface area contributed by atoms with Crippen molar-refractivity contribution in [1.29, 1.82) is 0 Å². The van der Waals surface area contributed by atoms with Gasteiger partial charge in [-0.3, -0.25) is 24.1 Å². The van der Waals surface area contributed by atoms with Crippen molar-refractivity contribution in [1.82, 2.24) is 14.4 Å². The molecule has 3 heterocycles. The maximum Gasteiger partial charge on any atom is 0.293 e. The van der Waals surface area contributed by atoms with E-state index in [4.69, 9.17) is 11.6 Å². The Morgan fingerprint density at radius 1 is 1.11 bits per heavy atom. The van der Waals surface area contributed by atoms with Gasteiger partial charge in [-0.15, -0.1) is 0 Å². The average molecular weight is 615 g/mol. The SMILES string of the molecule is C[C@H]1CCCCN1C(=O)Cn1cc(/C=C2\SC(=O)N(CC(=O)c3ccc(Cl)cc3)C2=O)c2cc(Br)ccc21. The van der Waals surface area contributed by atoms with Crippen LogP contribution in [0.5, 0.6) is 0 Å². The molecule has 7 nitrogen and oxygen atoms in total. The Labute approximate surface area is 237 Å². The average Bonchev–Trinajstić information content (AvgIpc) is 3.35. The quantitative estimate of drug-likeness (QED) is 0.238. The lowest BCUT2D eigenvalue weighted by Crippen LogP contribution is -2.43. The van der Waals surface area contributed by atoms with Gasteiger partial charge in [0.15, 0.2) is 5.78 Å². The van der Waals surface area contributed by atoms with E-state index < -0.39 is 11.1 Å². The number of likely N-dealkylation sites (tertiary alicyclic amines) is 1. The van der Waals surface area contributed by atoms with Crippen LogP contribution >= 0.6 is 39.3 Å². The van der Waals surface area contributed by atoms with Crippen molar-refractivity contribution < 1.29 is 19.2 Å². The van der Waals surface area contributed by atoms with Crippen LogP contribution in [0.4, 0.5) is 4.79 Å². The zero-order chi connectivity index (χ0) is 27.0. The van der Waals surface area contributed by atoms with Crippen LogP contribution in [0.15, 0.2) is 58.0 Å².